The minimum absolute atomic E-state index is 0.345. The molecule has 0 aliphatic heterocycles. The first-order valence-corrected chi connectivity index (χ1v) is 7.89. The van der Waals surface area contributed by atoms with Gasteiger partial charge in [0.2, 0.25) is 0 Å². The molecule has 122 valence electrons. The summed E-state index contributed by atoms with van der Waals surface area (Å²) < 4.78 is 10.6. The predicted octanol–water partition coefficient (Wildman–Crippen LogP) is 5.04. The third-order valence-corrected chi connectivity index (χ3v) is 3.78. The zero-order chi connectivity index (χ0) is 16.8. The molecule has 0 fully saturated rings. The summed E-state index contributed by atoms with van der Waals surface area (Å²) in [5, 5.41) is 0.913. The maximum atomic E-state index is 11.3. The largest absolute Gasteiger partial charge is 0.496 e. The van der Waals surface area contributed by atoms with Gasteiger partial charge in [-0.15, -0.1) is 0 Å². The second-order valence-corrected chi connectivity index (χ2v) is 6.03. The van der Waals surface area contributed by atoms with Crippen molar-refractivity contribution >= 4 is 11.0 Å². The van der Waals surface area contributed by atoms with E-state index in [1.165, 1.54) is 17.2 Å². The van der Waals surface area contributed by atoms with Crippen LogP contribution in [-0.2, 0) is 6.42 Å². The van der Waals surface area contributed by atoms with Gasteiger partial charge in [-0.25, -0.2) is 4.79 Å². The molecule has 23 heavy (non-hydrogen) atoms. The molecule has 1 aromatic carbocycles. The molecule has 1 aromatic heterocycles. The van der Waals surface area contributed by atoms with Crippen LogP contribution in [0, 0.1) is 0 Å². The fraction of sp³-hybridized carbons (Fsp3) is 0.350. The summed E-state index contributed by atoms with van der Waals surface area (Å²) in [6.07, 6.45) is 7.44. The van der Waals surface area contributed by atoms with E-state index in [9.17, 15) is 4.79 Å². The first-order valence-electron chi connectivity index (χ1n) is 7.89. The number of hydrogen-bond acceptors (Lipinski definition) is 3. The van der Waals surface area contributed by atoms with E-state index in [1.54, 1.807) is 19.2 Å². The van der Waals surface area contributed by atoms with Gasteiger partial charge >= 0.3 is 5.63 Å². The smallest absolute Gasteiger partial charge is 0.336 e. The monoisotopic (exact) mass is 312 g/mol. The fourth-order valence-electron chi connectivity index (χ4n) is 2.47. The van der Waals surface area contributed by atoms with Gasteiger partial charge in [-0.2, -0.15) is 0 Å². The molecule has 0 saturated heterocycles. The number of rotatable bonds is 6. The molecule has 3 heteroatoms. The molecule has 0 bridgehead atoms. The lowest BCUT2D eigenvalue weighted by molar-refractivity contribution is 0.410. The Bertz CT molecular complexity index is 790. The molecule has 0 aliphatic carbocycles. The van der Waals surface area contributed by atoms with Crippen LogP contribution in [0.2, 0.25) is 0 Å². The molecule has 0 saturated carbocycles. The van der Waals surface area contributed by atoms with Crippen LogP contribution in [-0.4, -0.2) is 7.11 Å². The van der Waals surface area contributed by atoms with Gasteiger partial charge in [0.05, 0.1) is 7.11 Å². The van der Waals surface area contributed by atoms with E-state index >= 15 is 0 Å². The maximum Gasteiger partial charge on any atom is 0.336 e. The normalized spacial score (nSPS) is 11.6. The van der Waals surface area contributed by atoms with Gasteiger partial charge in [0, 0.05) is 17.5 Å². The zero-order valence-corrected chi connectivity index (χ0v) is 14.3. The van der Waals surface area contributed by atoms with Crippen LogP contribution in [0.15, 0.2) is 56.8 Å². The highest BCUT2D eigenvalue weighted by Crippen LogP contribution is 2.26. The van der Waals surface area contributed by atoms with Crippen molar-refractivity contribution in [2.45, 2.75) is 40.0 Å². The summed E-state index contributed by atoms with van der Waals surface area (Å²) in [6.45, 7) is 6.40. The minimum Gasteiger partial charge on any atom is -0.496 e. The lowest BCUT2D eigenvalue weighted by Crippen LogP contribution is -1.97. The van der Waals surface area contributed by atoms with Crippen molar-refractivity contribution in [2.75, 3.05) is 7.11 Å². The molecule has 0 radical (unpaired) electrons. The zero-order valence-electron chi connectivity index (χ0n) is 14.3. The van der Waals surface area contributed by atoms with Crippen LogP contribution in [0.25, 0.3) is 11.0 Å². The van der Waals surface area contributed by atoms with E-state index in [0.717, 1.165) is 36.0 Å². The quantitative estimate of drug-likeness (QED) is 0.554. The highest BCUT2D eigenvalue weighted by molar-refractivity contribution is 5.79. The first-order chi connectivity index (χ1) is 11.0. The van der Waals surface area contributed by atoms with Crippen molar-refractivity contribution in [3.8, 4) is 5.75 Å². The lowest BCUT2D eigenvalue weighted by Gasteiger charge is -2.09. The molecule has 0 N–H and O–H groups in total. The molecule has 0 atom stereocenters. The number of benzene rings is 1. The van der Waals surface area contributed by atoms with Crippen molar-refractivity contribution < 1.29 is 9.15 Å². The standard InChI is InChI=1S/C20H24O3/c1-14(2)6-5-7-15(3)8-9-16-12-17-10-11-20(21)23-19(17)13-18(16)22-4/h6,8,10-13H,5,7,9H2,1-4H3. The van der Waals surface area contributed by atoms with Crippen molar-refractivity contribution in [1.82, 2.24) is 0 Å². The van der Waals surface area contributed by atoms with Gasteiger partial charge in [0.15, 0.2) is 0 Å². The van der Waals surface area contributed by atoms with Crippen molar-refractivity contribution in [1.29, 1.82) is 0 Å². The lowest BCUT2D eigenvalue weighted by atomic mass is 10.0. The molecular formula is C20H24O3. The van der Waals surface area contributed by atoms with Gasteiger partial charge in [0.25, 0.3) is 0 Å². The summed E-state index contributed by atoms with van der Waals surface area (Å²) in [5.74, 6) is 0.750. The molecule has 0 spiro atoms. The molecule has 0 aliphatic rings. The summed E-state index contributed by atoms with van der Waals surface area (Å²) >= 11 is 0. The van der Waals surface area contributed by atoms with Crippen LogP contribution in [0.3, 0.4) is 0 Å². The fourth-order valence-corrected chi connectivity index (χ4v) is 2.47. The number of methoxy groups -OCH3 is 1. The van der Waals surface area contributed by atoms with Crippen molar-refractivity contribution in [2.24, 2.45) is 0 Å². The molecule has 0 unspecified atom stereocenters. The van der Waals surface area contributed by atoms with Crippen molar-refractivity contribution in [3.05, 3.63) is 63.5 Å². The summed E-state index contributed by atoms with van der Waals surface area (Å²) in [5.41, 5.74) is 4.03. The molecule has 1 heterocycles. The second kappa shape index (κ2) is 7.82. The summed E-state index contributed by atoms with van der Waals surface area (Å²) in [4.78, 5) is 11.3. The Morgan fingerprint density at radius 3 is 2.65 bits per heavy atom. The average Bonchev–Trinajstić information content (AvgIpc) is 2.51. The summed E-state index contributed by atoms with van der Waals surface area (Å²) in [7, 11) is 1.64. The topological polar surface area (TPSA) is 39.4 Å². The highest BCUT2D eigenvalue weighted by atomic mass is 16.5. The number of hydrogen-bond donors (Lipinski definition) is 0. The van der Waals surface area contributed by atoms with E-state index in [1.807, 2.05) is 6.07 Å². The van der Waals surface area contributed by atoms with E-state index in [4.69, 9.17) is 9.15 Å². The van der Waals surface area contributed by atoms with Gasteiger partial charge in [-0.3, -0.25) is 0 Å². The van der Waals surface area contributed by atoms with Crippen LogP contribution in [0.5, 0.6) is 5.75 Å². The van der Waals surface area contributed by atoms with Crippen molar-refractivity contribution in [3.63, 3.8) is 0 Å². The molecule has 3 nitrogen and oxygen atoms in total. The molecule has 2 rings (SSSR count). The molecular weight excluding hydrogens is 288 g/mol. The highest BCUT2D eigenvalue weighted by Gasteiger charge is 2.07. The SMILES string of the molecule is COc1cc2oc(=O)ccc2cc1CC=C(C)CCC=C(C)C. The Hall–Kier alpha value is -2.29. The minimum atomic E-state index is -0.345. The Morgan fingerprint density at radius 1 is 1.17 bits per heavy atom. The van der Waals surface area contributed by atoms with Crippen LogP contribution >= 0.6 is 0 Å². The molecule has 0 amide bonds. The third-order valence-electron chi connectivity index (χ3n) is 3.78. The van der Waals surface area contributed by atoms with E-state index in [0.29, 0.717) is 5.58 Å². The second-order valence-electron chi connectivity index (χ2n) is 6.03. The van der Waals surface area contributed by atoms with Gasteiger partial charge in [-0.05, 0) is 57.7 Å². The van der Waals surface area contributed by atoms with E-state index in [2.05, 4.69) is 32.9 Å². The molecule has 2 aromatic rings. The summed E-state index contributed by atoms with van der Waals surface area (Å²) in [6, 6.07) is 7.05. The maximum absolute atomic E-state index is 11.3. The van der Waals surface area contributed by atoms with E-state index in [-0.39, 0.29) is 5.63 Å². The average molecular weight is 312 g/mol. The number of allylic oxidation sites excluding steroid dienone is 4. The Morgan fingerprint density at radius 2 is 1.96 bits per heavy atom. The number of fused-ring (bicyclic) bond motifs is 1. The van der Waals surface area contributed by atoms with Gasteiger partial charge < -0.3 is 9.15 Å². The Kier molecular flexibility index (Phi) is 5.80. The van der Waals surface area contributed by atoms with E-state index < -0.39 is 0 Å². The Balaban J connectivity index is 2.20. The van der Waals surface area contributed by atoms with Crippen LogP contribution in [0.4, 0.5) is 0 Å². The van der Waals surface area contributed by atoms with Crippen LogP contribution in [0.1, 0.15) is 39.2 Å². The van der Waals surface area contributed by atoms with Gasteiger partial charge in [-0.1, -0.05) is 23.3 Å². The predicted molar refractivity (Wildman–Crippen MR) is 95.2 cm³/mol. The third kappa shape index (κ3) is 4.85. The first kappa shape index (κ1) is 17.1. The Labute approximate surface area is 137 Å². The van der Waals surface area contributed by atoms with Gasteiger partial charge in [0.1, 0.15) is 11.3 Å². The van der Waals surface area contributed by atoms with Crippen LogP contribution < -0.4 is 10.4 Å². The number of ether oxygens (including phenoxy) is 1.